The molecule has 0 atom stereocenters. The number of aromatic nitrogens is 2. The molecule has 0 unspecified atom stereocenters. The summed E-state index contributed by atoms with van der Waals surface area (Å²) in [5.41, 5.74) is 0.211. The third-order valence-electron chi connectivity index (χ3n) is 2.13. The summed E-state index contributed by atoms with van der Waals surface area (Å²) >= 11 is 8.03. The van der Waals surface area contributed by atoms with Gasteiger partial charge < -0.3 is 10.1 Å². The maximum Gasteiger partial charge on any atom is 0.264 e. The van der Waals surface area contributed by atoms with Gasteiger partial charge in [0.15, 0.2) is 4.77 Å². The van der Waals surface area contributed by atoms with Crippen molar-refractivity contribution in [2.75, 3.05) is 0 Å². The largest absolute Gasteiger partial charge is 0.494 e. The van der Waals surface area contributed by atoms with Gasteiger partial charge in [-0.3, -0.25) is 14.8 Å². The van der Waals surface area contributed by atoms with Gasteiger partial charge >= 0.3 is 0 Å². The molecule has 3 N–H and O–H groups in total. The zero-order valence-electron chi connectivity index (χ0n) is 8.98. The van der Waals surface area contributed by atoms with Crippen molar-refractivity contribution in [3.8, 4) is 5.88 Å². The van der Waals surface area contributed by atoms with Gasteiger partial charge in [0.2, 0.25) is 5.88 Å². The molecule has 5 nitrogen and oxygen atoms in total. The zero-order valence-corrected chi connectivity index (χ0v) is 11.4. The highest BCUT2D eigenvalue weighted by atomic mass is 79.9. The average Bonchev–Trinajstić information content (AvgIpc) is 2.30. The van der Waals surface area contributed by atoms with E-state index in [0.717, 1.165) is 4.47 Å². The van der Waals surface area contributed by atoms with Crippen molar-refractivity contribution in [3.63, 3.8) is 0 Å². The number of hydrogen-bond acceptors (Lipinski definition) is 4. The van der Waals surface area contributed by atoms with Gasteiger partial charge in [-0.25, -0.2) is 0 Å². The molecule has 0 saturated carbocycles. The van der Waals surface area contributed by atoms with Crippen LogP contribution in [0.25, 0.3) is 0 Å². The molecule has 0 amide bonds. The van der Waals surface area contributed by atoms with Crippen LogP contribution in [0.4, 0.5) is 5.69 Å². The van der Waals surface area contributed by atoms with Gasteiger partial charge in [0.25, 0.3) is 5.56 Å². The Morgan fingerprint density at radius 1 is 1.28 bits per heavy atom. The quantitative estimate of drug-likeness (QED) is 0.586. The Labute approximate surface area is 115 Å². The van der Waals surface area contributed by atoms with Crippen molar-refractivity contribution < 1.29 is 5.11 Å². The standard InChI is InChI=1S/C11H8BrN3O2S/c12-6-1-3-7(4-2-6)13-5-8-9(16)14-11(18)15-10(8)17/h1-5H,(H3,14,15,16,17,18). The van der Waals surface area contributed by atoms with Gasteiger partial charge in [-0.1, -0.05) is 15.9 Å². The van der Waals surface area contributed by atoms with Crippen LogP contribution in [0.15, 0.2) is 38.5 Å². The van der Waals surface area contributed by atoms with Crippen molar-refractivity contribution in [2.24, 2.45) is 4.99 Å². The van der Waals surface area contributed by atoms with E-state index in [4.69, 9.17) is 12.2 Å². The van der Waals surface area contributed by atoms with Crippen LogP contribution in [0.5, 0.6) is 5.88 Å². The smallest absolute Gasteiger partial charge is 0.264 e. The van der Waals surface area contributed by atoms with Crippen LogP contribution in [-0.4, -0.2) is 21.3 Å². The molecule has 0 fully saturated rings. The van der Waals surface area contributed by atoms with E-state index in [0.29, 0.717) is 5.69 Å². The van der Waals surface area contributed by atoms with Crippen LogP contribution < -0.4 is 5.56 Å². The minimum atomic E-state index is -0.489. The van der Waals surface area contributed by atoms with Crippen molar-refractivity contribution in [2.45, 2.75) is 0 Å². The van der Waals surface area contributed by atoms with Gasteiger partial charge in [-0.15, -0.1) is 0 Å². The highest BCUT2D eigenvalue weighted by Gasteiger charge is 2.03. The second-order valence-electron chi connectivity index (χ2n) is 3.41. The summed E-state index contributed by atoms with van der Waals surface area (Å²) in [5, 5.41) is 9.55. The third kappa shape index (κ3) is 2.93. The van der Waals surface area contributed by atoms with Crippen LogP contribution in [-0.2, 0) is 0 Å². The van der Waals surface area contributed by atoms with E-state index in [1.807, 2.05) is 12.1 Å². The van der Waals surface area contributed by atoms with E-state index in [2.05, 4.69) is 30.9 Å². The van der Waals surface area contributed by atoms with Gasteiger partial charge in [-0.05, 0) is 36.5 Å². The molecule has 2 aromatic rings. The molecule has 1 aromatic carbocycles. The van der Waals surface area contributed by atoms with E-state index >= 15 is 0 Å². The van der Waals surface area contributed by atoms with Crippen molar-refractivity contribution >= 4 is 40.0 Å². The van der Waals surface area contributed by atoms with Crippen LogP contribution in [0.3, 0.4) is 0 Å². The number of benzene rings is 1. The predicted octanol–water partition coefficient (Wildman–Crippen LogP) is 2.65. The Balaban J connectivity index is 2.38. The molecule has 0 radical (unpaired) electrons. The van der Waals surface area contributed by atoms with Crippen molar-refractivity contribution in [3.05, 3.63) is 49.4 Å². The fourth-order valence-electron chi connectivity index (χ4n) is 1.27. The first kappa shape index (κ1) is 12.7. The SMILES string of the molecule is O=c1[nH]c(=S)[nH]c(O)c1C=Nc1ccc(Br)cc1. The maximum absolute atomic E-state index is 11.5. The minimum absolute atomic E-state index is 0.0338. The molecule has 0 saturated heterocycles. The number of aromatic hydroxyl groups is 1. The summed E-state index contributed by atoms with van der Waals surface area (Å²) in [5.74, 6) is -0.301. The second-order valence-corrected chi connectivity index (χ2v) is 4.73. The fraction of sp³-hybridized carbons (Fsp3) is 0. The van der Waals surface area contributed by atoms with Gasteiger partial charge in [0.05, 0.1) is 5.69 Å². The summed E-state index contributed by atoms with van der Waals surface area (Å²) in [6.45, 7) is 0. The summed E-state index contributed by atoms with van der Waals surface area (Å²) in [4.78, 5) is 20.4. The highest BCUT2D eigenvalue weighted by Crippen LogP contribution is 2.17. The molecule has 0 aliphatic heterocycles. The number of nitrogens with zero attached hydrogens (tertiary/aromatic N) is 1. The number of aliphatic imine (C=N–C) groups is 1. The lowest BCUT2D eigenvalue weighted by molar-refractivity contribution is 0.449. The fourth-order valence-corrected chi connectivity index (χ4v) is 1.72. The topological polar surface area (TPSA) is 81.2 Å². The van der Waals surface area contributed by atoms with Crippen molar-refractivity contribution in [1.82, 2.24) is 9.97 Å². The van der Waals surface area contributed by atoms with E-state index < -0.39 is 5.56 Å². The molecule has 18 heavy (non-hydrogen) atoms. The lowest BCUT2D eigenvalue weighted by Crippen LogP contribution is -2.13. The lowest BCUT2D eigenvalue weighted by atomic mass is 10.3. The monoisotopic (exact) mass is 325 g/mol. The summed E-state index contributed by atoms with van der Waals surface area (Å²) in [6, 6.07) is 7.21. The van der Waals surface area contributed by atoms with Crippen LogP contribution >= 0.6 is 28.1 Å². The molecule has 92 valence electrons. The minimum Gasteiger partial charge on any atom is -0.494 e. The van der Waals surface area contributed by atoms with E-state index in [1.54, 1.807) is 12.1 Å². The normalized spacial score (nSPS) is 10.9. The van der Waals surface area contributed by atoms with Gasteiger partial charge in [0.1, 0.15) is 5.56 Å². The first-order valence-electron chi connectivity index (χ1n) is 4.91. The average molecular weight is 326 g/mol. The number of aromatic amines is 2. The molecular weight excluding hydrogens is 318 g/mol. The predicted molar refractivity (Wildman–Crippen MR) is 75.3 cm³/mol. The molecule has 2 rings (SSSR count). The van der Waals surface area contributed by atoms with Crippen molar-refractivity contribution in [1.29, 1.82) is 0 Å². The Bertz CT molecular complexity index is 703. The Morgan fingerprint density at radius 2 is 1.94 bits per heavy atom. The Kier molecular flexibility index (Phi) is 3.73. The number of halogens is 1. The molecule has 0 aliphatic rings. The van der Waals surface area contributed by atoms with Gasteiger partial charge in [-0.2, -0.15) is 0 Å². The molecule has 1 heterocycles. The molecule has 7 heteroatoms. The maximum atomic E-state index is 11.5. The first-order valence-corrected chi connectivity index (χ1v) is 6.11. The van der Waals surface area contributed by atoms with E-state index in [-0.39, 0.29) is 16.2 Å². The van der Waals surface area contributed by atoms with E-state index in [9.17, 15) is 9.90 Å². The molecule has 0 aliphatic carbocycles. The van der Waals surface area contributed by atoms with Crippen LogP contribution in [0.2, 0.25) is 0 Å². The zero-order chi connectivity index (χ0) is 13.1. The summed E-state index contributed by atoms with van der Waals surface area (Å²) in [7, 11) is 0. The lowest BCUT2D eigenvalue weighted by Gasteiger charge is -1.97. The molecular formula is C11H8BrN3O2S. The molecule has 0 spiro atoms. The summed E-state index contributed by atoms with van der Waals surface area (Å²) < 4.78 is 1.00. The number of rotatable bonds is 2. The Morgan fingerprint density at radius 3 is 2.56 bits per heavy atom. The third-order valence-corrected chi connectivity index (χ3v) is 2.86. The highest BCUT2D eigenvalue weighted by molar-refractivity contribution is 9.10. The number of nitrogens with one attached hydrogen (secondary N) is 2. The molecule has 1 aromatic heterocycles. The van der Waals surface area contributed by atoms with Gasteiger partial charge in [0, 0.05) is 10.7 Å². The second kappa shape index (κ2) is 5.28. The number of hydrogen-bond donors (Lipinski definition) is 3. The first-order chi connectivity index (χ1) is 8.56. The van der Waals surface area contributed by atoms with Crippen LogP contribution in [0.1, 0.15) is 5.56 Å². The van der Waals surface area contributed by atoms with Crippen LogP contribution in [0, 0.1) is 4.77 Å². The Hall–Kier alpha value is -1.73. The summed E-state index contributed by atoms with van der Waals surface area (Å²) in [6.07, 6.45) is 1.28. The van der Waals surface area contributed by atoms with E-state index in [1.165, 1.54) is 6.21 Å². The number of H-pyrrole nitrogens is 2. The molecule has 0 bridgehead atoms.